The van der Waals surface area contributed by atoms with E-state index < -0.39 is 0 Å². The molecule has 142 valence electrons. The molecule has 0 radical (unpaired) electrons. The van der Waals surface area contributed by atoms with Crippen LogP contribution in [-0.2, 0) is 4.79 Å². The molecular weight excluding hydrogens is 330 g/mol. The van der Waals surface area contributed by atoms with Crippen molar-refractivity contribution in [2.24, 2.45) is 11.3 Å². The number of carbonyl (C=O) groups is 1. The molecule has 0 saturated carbocycles. The van der Waals surface area contributed by atoms with Crippen LogP contribution in [0.15, 0.2) is 6.33 Å². The van der Waals surface area contributed by atoms with Gasteiger partial charge in [0.15, 0.2) is 5.65 Å². The second kappa shape index (κ2) is 7.19. The number of rotatable bonds is 6. The van der Waals surface area contributed by atoms with Crippen LogP contribution in [0, 0.1) is 18.3 Å². The third-order valence-corrected chi connectivity index (χ3v) is 5.03. The zero-order chi connectivity index (χ0) is 18.9. The van der Waals surface area contributed by atoms with Gasteiger partial charge in [0, 0.05) is 25.3 Å². The number of fused-ring (bicyclic) bond motifs is 1. The average Bonchev–Trinajstić information content (AvgIpc) is 3.10. The first-order valence-electron chi connectivity index (χ1n) is 9.14. The zero-order valence-corrected chi connectivity index (χ0v) is 16.3. The molecule has 2 aromatic heterocycles. The molecule has 2 atom stereocenters. The van der Waals surface area contributed by atoms with Crippen molar-refractivity contribution in [3.8, 4) is 0 Å². The Labute approximate surface area is 154 Å². The largest absolute Gasteiger partial charge is 0.369 e. The monoisotopic (exact) mass is 359 g/mol. The van der Waals surface area contributed by atoms with E-state index in [0.29, 0.717) is 18.7 Å². The molecule has 1 aliphatic heterocycles. The molecule has 1 saturated heterocycles. The van der Waals surface area contributed by atoms with E-state index in [1.807, 2.05) is 14.0 Å². The molecular formula is C18H29N7O. The number of carbonyl (C=O) groups excluding carboxylic acids is 1. The van der Waals surface area contributed by atoms with Crippen molar-refractivity contribution < 1.29 is 4.79 Å². The maximum absolute atomic E-state index is 12.5. The van der Waals surface area contributed by atoms with Crippen LogP contribution in [0.25, 0.3) is 11.0 Å². The first kappa shape index (κ1) is 18.6. The lowest BCUT2D eigenvalue weighted by atomic mass is 9.90. The van der Waals surface area contributed by atoms with Gasteiger partial charge in [0.05, 0.1) is 11.4 Å². The minimum atomic E-state index is -0.0276. The third kappa shape index (κ3) is 3.95. The number of hydrogen-bond donors (Lipinski definition) is 3. The van der Waals surface area contributed by atoms with E-state index in [2.05, 4.69) is 56.5 Å². The molecule has 3 N–H and O–H groups in total. The van der Waals surface area contributed by atoms with E-state index in [-0.39, 0.29) is 23.3 Å². The van der Waals surface area contributed by atoms with Gasteiger partial charge in [-0.05, 0) is 31.7 Å². The second-order valence-corrected chi connectivity index (χ2v) is 8.30. The summed E-state index contributed by atoms with van der Waals surface area (Å²) < 4.78 is 0. The molecule has 8 nitrogen and oxygen atoms in total. The Morgan fingerprint density at radius 1 is 1.42 bits per heavy atom. The van der Waals surface area contributed by atoms with Crippen LogP contribution in [0.5, 0.6) is 0 Å². The third-order valence-electron chi connectivity index (χ3n) is 5.03. The van der Waals surface area contributed by atoms with E-state index in [9.17, 15) is 4.79 Å². The number of aryl methyl sites for hydroxylation is 1. The topological polar surface area (TPSA) is 98.8 Å². The van der Waals surface area contributed by atoms with Gasteiger partial charge in [0.2, 0.25) is 5.91 Å². The van der Waals surface area contributed by atoms with Gasteiger partial charge in [0.25, 0.3) is 0 Å². The summed E-state index contributed by atoms with van der Waals surface area (Å²) in [5.41, 5.74) is 1.80. The Bertz CT molecular complexity index is 785. The van der Waals surface area contributed by atoms with Crippen molar-refractivity contribution in [1.82, 2.24) is 30.4 Å². The number of nitrogens with zero attached hydrogens (tertiary/aromatic N) is 4. The van der Waals surface area contributed by atoms with Crippen LogP contribution in [0.1, 0.15) is 32.9 Å². The van der Waals surface area contributed by atoms with Gasteiger partial charge in [-0.1, -0.05) is 20.8 Å². The van der Waals surface area contributed by atoms with Crippen molar-refractivity contribution in [2.45, 2.75) is 40.2 Å². The minimum Gasteiger partial charge on any atom is -0.369 e. The molecule has 1 amide bonds. The normalized spacial score (nSPS) is 21.0. The van der Waals surface area contributed by atoms with Crippen LogP contribution < -0.4 is 10.6 Å². The fourth-order valence-electron chi connectivity index (χ4n) is 3.69. The first-order chi connectivity index (χ1) is 12.3. The van der Waals surface area contributed by atoms with Crippen LogP contribution in [-0.4, -0.2) is 63.7 Å². The molecule has 3 rings (SSSR count). The Hall–Kier alpha value is -2.22. The molecule has 8 heteroatoms. The SMILES string of the molecule is Cc1[nH]nc2ncnc(NCC(C)CNC(=O)C3CC(C)(C)CN3C)c12. The number of aromatic nitrogens is 4. The van der Waals surface area contributed by atoms with E-state index in [1.165, 1.54) is 6.33 Å². The summed E-state index contributed by atoms with van der Waals surface area (Å²) in [5.74, 6) is 1.17. The highest BCUT2D eigenvalue weighted by atomic mass is 16.2. The van der Waals surface area contributed by atoms with Crippen molar-refractivity contribution in [1.29, 1.82) is 0 Å². The number of likely N-dealkylation sites (N-methyl/N-ethyl adjacent to an activating group) is 1. The number of hydrogen-bond acceptors (Lipinski definition) is 6. The van der Waals surface area contributed by atoms with Crippen molar-refractivity contribution in [3.63, 3.8) is 0 Å². The standard InChI is InChI=1S/C18H29N7O/c1-11(8-20-17(26)13-6-18(3,4)9-25(13)5)7-19-15-14-12(2)23-24-16(14)22-10-21-15/h10-11,13H,6-9H2,1-5H3,(H,20,26)(H2,19,21,22,23,24). The summed E-state index contributed by atoms with van der Waals surface area (Å²) in [7, 11) is 2.03. The number of H-pyrrole nitrogens is 1. The fraction of sp³-hybridized carbons (Fsp3) is 0.667. The summed E-state index contributed by atoms with van der Waals surface area (Å²) in [4.78, 5) is 23.1. The maximum Gasteiger partial charge on any atom is 0.237 e. The van der Waals surface area contributed by atoms with Crippen molar-refractivity contribution in [3.05, 3.63) is 12.0 Å². The van der Waals surface area contributed by atoms with Crippen molar-refractivity contribution >= 4 is 22.8 Å². The maximum atomic E-state index is 12.5. The molecule has 0 aliphatic carbocycles. The predicted octanol–water partition coefficient (Wildman–Crippen LogP) is 1.56. The molecule has 26 heavy (non-hydrogen) atoms. The lowest BCUT2D eigenvalue weighted by Gasteiger charge is -2.20. The summed E-state index contributed by atoms with van der Waals surface area (Å²) in [6, 6.07) is -0.0276. The Morgan fingerprint density at radius 2 is 2.19 bits per heavy atom. The zero-order valence-electron chi connectivity index (χ0n) is 16.3. The van der Waals surface area contributed by atoms with Gasteiger partial charge in [-0.3, -0.25) is 14.8 Å². The second-order valence-electron chi connectivity index (χ2n) is 8.30. The fourth-order valence-corrected chi connectivity index (χ4v) is 3.69. The highest BCUT2D eigenvalue weighted by Gasteiger charge is 2.39. The Morgan fingerprint density at radius 3 is 2.88 bits per heavy atom. The molecule has 3 heterocycles. The summed E-state index contributed by atoms with van der Waals surface area (Å²) in [6.45, 7) is 10.8. The van der Waals surface area contributed by atoms with E-state index in [4.69, 9.17) is 0 Å². The van der Waals surface area contributed by atoms with Crippen LogP contribution in [0.4, 0.5) is 5.82 Å². The number of amides is 1. The van der Waals surface area contributed by atoms with Gasteiger partial charge in [0.1, 0.15) is 12.1 Å². The minimum absolute atomic E-state index is 0.0276. The Balaban J connectivity index is 1.51. The molecule has 1 fully saturated rings. The Kier molecular flexibility index (Phi) is 5.13. The van der Waals surface area contributed by atoms with E-state index >= 15 is 0 Å². The lowest BCUT2D eigenvalue weighted by Crippen LogP contribution is -2.43. The first-order valence-corrected chi connectivity index (χ1v) is 9.14. The predicted molar refractivity (Wildman–Crippen MR) is 102 cm³/mol. The molecule has 0 spiro atoms. The van der Waals surface area contributed by atoms with Crippen LogP contribution in [0.2, 0.25) is 0 Å². The van der Waals surface area contributed by atoms with Gasteiger partial charge >= 0.3 is 0 Å². The molecule has 0 bridgehead atoms. The van der Waals surface area contributed by atoms with Crippen molar-refractivity contribution in [2.75, 3.05) is 32.0 Å². The summed E-state index contributed by atoms with van der Waals surface area (Å²) in [6.07, 6.45) is 2.41. The smallest absolute Gasteiger partial charge is 0.237 e. The van der Waals surface area contributed by atoms with Gasteiger partial charge in [-0.25, -0.2) is 9.97 Å². The summed E-state index contributed by atoms with van der Waals surface area (Å²) >= 11 is 0. The number of anilines is 1. The van der Waals surface area contributed by atoms with E-state index in [0.717, 1.165) is 29.9 Å². The highest BCUT2D eigenvalue weighted by molar-refractivity contribution is 5.88. The molecule has 1 aliphatic rings. The van der Waals surface area contributed by atoms with Gasteiger partial charge in [-0.2, -0.15) is 5.10 Å². The summed E-state index contributed by atoms with van der Waals surface area (Å²) in [5, 5.41) is 14.5. The average molecular weight is 359 g/mol. The number of aromatic amines is 1. The van der Waals surface area contributed by atoms with Crippen LogP contribution >= 0.6 is 0 Å². The highest BCUT2D eigenvalue weighted by Crippen LogP contribution is 2.32. The van der Waals surface area contributed by atoms with Gasteiger partial charge in [-0.15, -0.1) is 0 Å². The number of nitrogens with one attached hydrogen (secondary N) is 3. The molecule has 0 aromatic carbocycles. The van der Waals surface area contributed by atoms with Crippen LogP contribution in [0.3, 0.4) is 0 Å². The molecule has 2 aromatic rings. The number of likely N-dealkylation sites (tertiary alicyclic amines) is 1. The van der Waals surface area contributed by atoms with Gasteiger partial charge < -0.3 is 10.6 Å². The van der Waals surface area contributed by atoms with E-state index in [1.54, 1.807) is 0 Å². The molecule has 2 unspecified atom stereocenters. The lowest BCUT2D eigenvalue weighted by molar-refractivity contribution is -0.125. The quantitative estimate of drug-likeness (QED) is 0.724.